The Hall–Kier alpha value is -1.75. The predicted octanol–water partition coefficient (Wildman–Crippen LogP) is 2.74. The SMILES string of the molecule is COc1ccc(C(C)N(C)C(=O)NCCN(C)C(C)C)cc1. The molecule has 0 bridgehead atoms. The van der Waals surface area contributed by atoms with E-state index in [0.29, 0.717) is 12.6 Å². The summed E-state index contributed by atoms with van der Waals surface area (Å²) in [6.45, 7) is 7.78. The van der Waals surface area contributed by atoms with Crippen molar-refractivity contribution < 1.29 is 9.53 Å². The molecule has 1 aromatic carbocycles. The maximum Gasteiger partial charge on any atom is 0.317 e. The number of hydrogen-bond donors (Lipinski definition) is 1. The summed E-state index contributed by atoms with van der Waals surface area (Å²) in [5.41, 5.74) is 1.08. The Labute approximate surface area is 134 Å². The molecule has 0 radical (unpaired) electrons. The van der Waals surface area contributed by atoms with Crippen LogP contribution in [-0.4, -0.2) is 56.2 Å². The molecule has 0 saturated carbocycles. The molecular formula is C17H29N3O2. The van der Waals surface area contributed by atoms with E-state index in [4.69, 9.17) is 4.74 Å². The fraction of sp³-hybridized carbons (Fsp3) is 0.588. The van der Waals surface area contributed by atoms with E-state index in [1.54, 1.807) is 12.0 Å². The normalized spacial score (nSPS) is 12.4. The minimum atomic E-state index is -0.0551. The van der Waals surface area contributed by atoms with Gasteiger partial charge in [-0.05, 0) is 45.5 Å². The van der Waals surface area contributed by atoms with Crippen molar-refractivity contribution in [3.05, 3.63) is 29.8 Å². The molecule has 0 aliphatic heterocycles. The average molecular weight is 307 g/mol. The van der Waals surface area contributed by atoms with Crippen molar-refractivity contribution in [3.63, 3.8) is 0 Å². The van der Waals surface area contributed by atoms with Gasteiger partial charge in [-0.1, -0.05) is 12.1 Å². The van der Waals surface area contributed by atoms with Gasteiger partial charge in [-0.15, -0.1) is 0 Å². The van der Waals surface area contributed by atoms with E-state index in [2.05, 4.69) is 31.1 Å². The molecule has 0 aliphatic carbocycles. The van der Waals surface area contributed by atoms with Crippen molar-refractivity contribution in [2.45, 2.75) is 32.9 Å². The quantitative estimate of drug-likeness (QED) is 0.842. The fourth-order valence-corrected chi connectivity index (χ4v) is 2.00. The zero-order chi connectivity index (χ0) is 16.7. The first-order valence-corrected chi connectivity index (χ1v) is 7.71. The molecule has 0 aliphatic rings. The first-order chi connectivity index (χ1) is 10.4. The van der Waals surface area contributed by atoms with E-state index in [9.17, 15) is 4.79 Å². The van der Waals surface area contributed by atoms with Gasteiger partial charge in [0.05, 0.1) is 13.2 Å². The summed E-state index contributed by atoms with van der Waals surface area (Å²) in [6, 6.07) is 8.23. The van der Waals surface area contributed by atoms with E-state index in [-0.39, 0.29) is 12.1 Å². The second-order valence-electron chi connectivity index (χ2n) is 5.87. The second-order valence-corrected chi connectivity index (χ2v) is 5.87. The lowest BCUT2D eigenvalue weighted by Crippen LogP contribution is -2.42. The van der Waals surface area contributed by atoms with Gasteiger partial charge in [-0.25, -0.2) is 4.79 Å². The summed E-state index contributed by atoms with van der Waals surface area (Å²) in [5, 5.41) is 2.96. The standard InChI is InChI=1S/C17H29N3O2/c1-13(2)19(4)12-11-18-17(21)20(5)14(3)15-7-9-16(22-6)10-8-15/h7-10,13-14H,11-12H2,1-6H3,(H,18,21). The predicted molar refractivity (Wildman–Crippen MR) is 90.3 cm³/mol. The van der Waals surface area contributed by atoms with Gasteiger partial charge >= 0.3 is 6.03 Å². The summed E-state index contributed by atoms with van der Waals surface area (Å²) in [6.07, 6.45) is 0. The monoisotopic (exact) mass is 307 g/mol. The van der Waals surface area contributed by atoms with Gasteiger partial charge in [0, 0.05) is 26.2 Å². The lowest BCUT2D eigenvalue weighted by Gasteiger charge is -2.27. The highest BCUT2D eigenvalue weighted by Gasteiger charge is 2.17. The van der Waals surface area contributed by atoms with Crippen LogP contribution in [0.4, 0.5) is 4.79 Å². The number of methoxy groups -OCH3 is 1. The molecule has 0 spiro atoms. The Morgan fingerprint density at radius 2 is 1.77 bits per heavy atom. The molecule has 1 N–H and O–H groups in total. The maximum absolute atomic E-state index is 12.2. The molecule has 124 valence electrons. The zero-order valence-corrected chi connectivity index (χ0v) is 14.6. The number of carbonyl (C=O) groups excluding carboxylic acids is 1. The van der Waals surface area contributed by atoms with Crippen molar-refractivity contribution in [1.29, 1.82) is 0 Å². The Balaban J connectivity index is 2.50. The minimum absolute atomic E-state index is 0.00809. The summed E-state index contributed by atoms with van der Waals surface area (Å²) in [4.78, 5) is 16.1. The van der Waals surface area contributed by atoms with Gasteiger partial charge in [0.25, 0.3) is 0 Å². The van der Waals surface area contributed by atoms with Crippen LogP contribution in [0.2, 0.25) is 0 Å². The Bertz CT molecular complexity index is 459. The van der Waals surface area contributed by atoms with Crippen molar-refractivity contribution in [3.8, 4) is 5.75 Å². The minimum Gasteiger partial charge on any atom is -0.497 e. The molecule has 1 aromatic rings. The van der Waals surface area contributed by atoms with Gasteiger partial charge < -0.3 is 19.9 Å². The van der Waals surface area contributed by atoms with E-state index in [1.807, 2.05) is 38.2 Å². The highest BCUT2D eigenvalue weighted by Crippen LogP contribution is 2.21. The van der Waals surface area contributed by atoms with Gasteiger partial charge in [-0.2, -0.15) is 0 Å². The molecule has 22 heavy (non-hydrogen) atoms. The number of rotatable bonds is 7. The highest BCUT2D eigenvalue weighted by molar-refractivity contribution is 5.74. The Morgan fingerprint density at radius 1 is 1.18 bits per heavy atom. The zero-order valence-electron chi connectivity index (χ0n) is 14.6. The summed E-state index contributed by atoms with van der Waals surface area (Å²) in [5.74, 6) is 0.819. The maximum atomic E-state index is 12.2. The number of carbonyl (C=O) groups is 1. The number of urea groups is 1. The first kappa shape index (κ1) is 18.3. The molecule has 0 aromatic heterocycles. The second kappa shape index (κ2) is 8.63. The van der Waals surface area contributed by atoms with Crippen LogP contribution in [0.1, 0.15) is 32.4 Å². The number of amides is 2. The van der Waals surface area contributed by atoms with Crippen molar-refractivity contribution in [1.82, 2.24) is 15.1 Å². The number of nitrogens with one attached hydrogen (secondary N) is 1. The van der Waals surface area contributed by atoms with Crippen LogP contribution >= 0.6 is 0 Å². The lowest BCUT2D eigenvalue weighted by atomic mass is 10.1. The molecular weight excluding hydrogens is 278 g/mol. The van der Waals surface area contributed by atoms with Gasteiger partial charge in [0.2, 0.25) is 0 Å². The molecule has 1 unspecified atom stereocenters. The number of likely N-dealkylation sites (N-methyl/N-ethyl adjacent to an activating group) is 1. The molecule has 2 amide bonds. The Kier molecular flexibility index (Phi) is 7.18. The molecule has 0 saturated heterocycles. The van der Waals surface area contributed by atoms with Crippen LogP contribution in [0.3, 0.4) is 0 Å². The van der Waals surface area contributed by atoms with E-state index in [0.717, 1.165) is 17.9 Å². The highest BCUT2D eigenvalue weighted by atomic mass is 16.5. The van der Waals surface area contributed by atoms with Crippen LogP contribution in [0.5, 0.6) is 5.75 Å². The van der Waals surface area contributed by atoms with Crippen LogP contribution in [0.15, 0.2) is 24.3 Å². The smallest absolute Gasteiger partial charge is 0.317 e. The summed E-state index contributed by atoms with van der Waals surface area (Å²) >= 11 is 0. The molecule has 5 heteroatoms. The largest absolute Gasteiger partial charge is 0.497 e. The number of nitrogens with zero attached hydrogens (tertiary/aromatic N) is 2. The van der Waals surface area contributed by atoms with Gasteiger partial charge in [0.1, 0.15) is 5.75 Å². The van der Waals surface area contributed by atoms with E-state index >= 15 is 0 Å². The summed E-state index contributed by atoms with van der Waals surface area (Å²) in [7, 11) is 5.52. The van der Waals surface area contributed by atoms with Gasteiger partial charge in [0.15, 0.2) is 0 Å². The van der Waals surface area contributed by atoms with Gasteiger partial charge in [-0.3, -0.25) is 0 Å². The van der Waals surface area contributed by atoms with Crippen molar-refractivity contribution >= 4 is 6.03 Å². The van der Waals surface area contributed by atoms with E-state index in [1.165, 1.54) is 0 Å². The van der Waals surface area contributed by atoms with Crippen LogP contribution < -0.4 is 10.1 Å². The van der Waals surface area contributed by atoms with Crippen LogP contribution in [0.25, 0.3) is 0 Å². The number of ether oxygens (including phenoxy) is 1. The average Bonchev–Trinajstić information content (AvgIpc) is 2.53. The summed E-state index contributed by atoms with van der Waals surface area (Å²) < 4.78 is 5.15. The fourth-order valence-electron chi connectivity index (χ4n) is 2.00. The Morgan fingerprint density at radius 3 is 2.27 bits per heavy atom. The molecule has 5 nitrogen and oxygen atoms in total. The molecule has 1 rings (SSSR count). The van der Waals surface area contributed by atoms with Crippen molar-refractivity contribution in [2.24, 2.45) is 0 Å². The number of benzene rings is 1. The van der Waals surface area contributed by atoms with Crippen molar-refractivity contribution in [2.75, 3.05) is 34.3 Å². The topological polar surface area (TPSA) is 44.8 Å². The molecule has 1 atom stereocenters. The van der Waals surface area contributed by atoms with E-state index < -0.39 is 0 Å². The number of hydrogen-bond acceptors (Lipinski definition) is 3. The third-order valence-electron chi connectivity index (χ3n) is 4.12. The third-order valence-corrected chi connectivity index (χ3v) is 4.12. The van der Waals surface area contributed by atoms with Crippen LogP contribution in [0, 0.1) is 0 Å². The molecule has 0 fully saturated rings. The first-order valence-electron chi connectivity index (χ1n) is 7.71. The third kappa shape index (κ3) is 5.22. The molecule has 0 heterocycles. The lowest BCUT2D eigenvalue weighted by molar-refractivity contribution is 0.191. The van der Waals surface area contributed by atoms with Crippen LogP contribution in [-0.2, 0) is 0 Å².